The minimum atomic E-state index is 0.152. The molecule has 0 aliphatic carbocycles. The zero-order valence-corrected chi connectivity index (χ0v) is 12.4. The molecular weight excluding hydrogens is 252 g/mol. The van der Waals surface area contributed by atoms with Gasteiger partial charge < -0.3 is 27.0 Å². The quantitative estimate of drug-likeness (QED) is 0.327. The highest BCUT2D eigenvalue weighted by atomic mass is 15.1. The van der Waals surface area contributed by atoms with Gasteiger partial charge >= 0.3 is 0 Å². The number of nitrogens with zero attached hydrogens (tertiary/aromatic N) is 1. The zero-order valence-electron chi connectivity index (χ0n) is 12.4. The summed E-state index contributed by atoms with van der Waals surface area (Å²) in [7, 11) is 0. The summed E-state index contributed by atoms with van der Waals surface area (Å²) in [4.78, 5) is 2.51. The Morgan fingerprint density at radius 3 is 2.70 bits per heavy atom. The number of rotatable bonds is 6. The molecular formula is C14H30N6. The van der Waals surface area contributed by atoms with E-state index in [2.05, 4.69) is 15.5 Å². The van der Waals surface area contributed by atoms with Crippen molar-refractivity contribution in [3.8, 4) is 0 Å². The maximum Gasteiger partial charge on any atom is 0.0965 e. The third-order valence-corrected chi connectivity index (χ3v) is 4.60. The van der Waals surface area contributed by atoms with Crippen molar-refractivity contribution in [1.82, 2.24) is 15.5 Å². The molecule has 0 aromatic carbocycles. The Labute approximate surface area is 122 Å². The molecule has 2 fully saturated rings. The summed E-state index contributed by atoms with van der Waals surface area (Å²) in [5.74, 6) is 0.467. The molecule has 2 aliphatic heterocycles. The summed E-state index contributed by atoms with van der Waals surface area (Å²) in [6.45, 7) is 6.10. The van der Waals surface area contributed by atoms with Gasteiger partial charge in [0, 0.05) is 24.5 Å². The lowest BCUT2D eigenvalue weighted by atomic mass is 9.90. The van der Waals surface area contributed by atoms with Gasteiger partial charge in [-0.2, -0.15) is 0 Å². The molecule has 0 spiro atoms. The molecule has 2 aliphatic rings. The summed E-state index contributed by atoms with van der Waals surface area (Å²) < 4.78 is 0. The van der Waals surface area contributed by atoms with Gasteiger partial charge in [-0.25, -0.2) is 0 Å². The van der Waals surface area contributed by atoms with Crippen LogP contribution in [-0.2, 0) is 0 Å². The first-order valence-electron chi connectivity index (χ1n) is 7.94. The van der Waals surface area contributed by atoms with Crippen LogP contribution in [0.25, 0.3) is 0 Å². The van der Waals surface area contributed by atoms with Gasteiger partial charge in [-0.1, -0.05) is 0 Å². The van der Waals surface area contributed by atoms with Crippen LogP contribution in [0.1, 0.15) is 25.7 Å². The Morgan fingerprint density at radius 2 is 2.05 bits per heavy atom. The van der Waals surface area contributed by atoms with Crippen molar-refractivity contribution >= 4 is 5.84 Å². The van der Waals surface area contributed by atoms with Crippen LogP contribution >= 0.6 is 0 Å². The maximum atomic E-state index is 7.72. The second kappa shape index (κ2) is 7.93. The first-order valence-corrected chi connectivity index (χ1v) is 7.94. The van der Waals surface area contributed by atoms with Crippen molar-refractivity contribution in [2.24, 2.45) is 17.4 Å². The molecule has 20 heavy (non-hydrogen) atoms. The molecule has 0 amide bonds. The standard InChI is InChI=1S/C14H30N6/c15-5-1-7-20-8-3-11(4-9-20)19-13-2-6-18-10-12(13)14(16)17/h11-13,18-19H,1-10,15H2,(H3,16,17). The fourth-order valence-corrected chi connectivity index (χ4v) is 3.33. The Morgan fingerprint density at radius 1 is 1.30 bits per heavy atom. The number of hydrogen-bond donors (Lipinski definition) is 5. The van der Waals surface area contributed by atoms with Crippen molar-refractivity contribution in [3.63, 3.8) is 0 Å². The van der Waals surface area contributed by atoms with Gasteiger partial charge in [-0.15, -0.1) is 0 Å². The van der Waals surface area contributed by atoms with E-state index < -0.39 is 0 Å². The Bertz CT molecular complexity index is 300. The second-order valence-electron chi connectivity index (χ2n) is 6.09. The van der Waals surface area contributed by atoms with Crippen LogP contribution in [-0.4, -0.2) is 62.1 Å². The molecule has 0 aromatic heterocycles. The number of nitrogens with two attached hydrogens (primary N) is 2. The average Bonchev–Trinajstić information content (AvgIpc) is 2.47. The van der Waals surface area contributed by atoms with Crippen molar-refractivity contribution in [3.05, 3.63) is 0 Å². The van der Waals surface area contributed by atoms with Crippen LogP contribution in [0.3, 0.4) is 0 Å². The molecule has 6 nitrogen and oxygen atoms in total. The van der Waals surface area contributed by atoms with Gasteiger partial charge in [0.1, 0.15) is 0 Å². The zero-order chi connectivity index (χ0) is 14.4. The Kier molecular flexibility index (Phi) is 6.22. The van der Waals surface area contributed by atoms with Gasteiger partial charge in [0.05, 0.1) is 5.84 Å². The molecule has 2 rings (SSSR count). The normalized spacial score (nSPS) is 29.4. The third kappa shape index (κ3) is 4.41. The van der Waals surface area contributed by atoms with Crippen LogP contribution in [0.15, 0.2) is 0 Å². The first-order chi connectivity index (χ1) is 9.70. The number of amidine groups is 1. The summed E-state index contributed by atoms with van der Waals surface area (Å²) >= 11 is 0. The van der Waals surface area contributed by atoms with E-state index in [4.69, 9.17) is 16.9 Å². The molecule has 2 atom stereocenters. The third-order valence-electron chi connectivity index (χ3n) is 4.60. The fraction of sp³-hybridized carbons (Fsp3) is 0.929. The predicted molar refractivity (Wildman–Crippen MR) is 82.9 cm³/mol. The highest BCUT2D eigenvalue weighted by Gasteiger charge is 2.30. The average molecular weight is 282 g/mol. The highest BCUT2D eigenvalue weighted by Crippen LogP contribution is 2.16. The fourth-order valence-electron chi connectivity index (χ4n) is 3.33. The predicted octanol–water partition coefficient (Wildman–Crippen LogP) is -0.697. The minimum absolute atomic E-state index is 0.152. The summed E-state index contributed by atoms with van der Waals surface area (Å²) in [6, 6.07) is 0.948. The lowest BCUT2D eigenvalue weighted by Gasteiger charge is -2.38. The van der Waals surface area contributed by atoms with E-state index in [0.717, 1.165) is 52.1 Å². The molecule has 0 bridgehead atoms. The van der Waals surface area contributed by atoms with E-state index in [9.17, 15) is 0 Å². The second-order valence-corrected chi connectivity index (χ2v) is 6.09. The smallest absolute Gasteiger partial charge is 0.0965 e. The summed E-state index contributed by atoms with van der Waals surface area (Å²) in [5, 5.41) is 14.8. The van der Waals surface area contributed by atoms with E-state index in [-0.39, 0.29) is 5.92 Å². The number of nitrogens with one attached hydrogen (secondary N) is 3. The minimum Gasteiger partial charge on any atom is -0.387 e. The number of hydrogen-bond acceptors (Lipinski definition) is 5. The lowest BCUT2D eigenvalue weighted by molar-refractivity contribution is 0.179. The summed E-state index contributed by atoms with van der Waals surface area (Å²) in [5.41, 5.74) is 11.3. The summed E-state index contributed by atoms with van der Waals surface area (Å²) in [6.07, 6.45) is 4.55. The molecule has 116 valence electrons. The lowest BCUT2D eigenvalue weighted by Crippen LogP contribution is -2.56. The molecule has 7 N–H and O–H groups in total. The first kappa shape index (κ1) is 15.7. The largest absolute Gasteiger partial charge is 0.387 e. The maximum absolute atomic E-state index is 7.72. The molecule has 0 saturated carbocycles. The van der Waals surface area contributed by atoms with Crippen molar-refractivity contribution in [2.75, 3.05) is 39.3 Å². The van der Waals surface area contributed by atoms with Gasteiger partial charge in [0.15, 0.2) is 0 Å². The van der Waals surface area contributed by atoms with E-state index in [1.165, 1.54) is 12.8 Å². The van der Waals surface area contributed by atoms with Crippen LogP contribution in [0.4, 0.5) is 0 Å². The van der Waals surface area contributed by atoms with E-state index in [0.29, 0.717) is 17.9 Å². The van der Waals surface area contributed by atoms with E-state index in [1.54, 1.807) is 0 Å². The SMILES string of the molecule is N=C(N)C1CNCCC1NC1CCN(CCCN)CC1. The molecule has 2 heterocycles. The van der Waals surface area contributed by atoms with Gasteiger partial charge in [0.25, 0.3) is 0 Å². The molecule has 0 aromatic rings. The van der Waals surface area contributed by atoms with Crippen LogP contribution in [0.5, 0.6) is 0 Å². The molecule has 2 saturated heterocycles. The van der Waals surface area contributed by atoms with E-state index in [1.807, 2.05) is 0 Å². The molecule has 2 unspecified atom stereocenters. The van der Waals surface area contributed by atoms with Crippen molar-refractivity contribution < 1.29 is 0 Å². The van der Waals surface area contributed by atoms with Crippen LogP contribution < -0.4 is 22.1 Å². The van der Waals surface area contributed by atoms with Crippen LogP contribution in [0.2, 0.25) is 0 Å². The van der Waals surface area contributed by atoms with E-state index >= 15 is 0 Å². The van der Waals surface area contributed by atoms with Crippen molar-refractivity contribution in [1.29, 1.82) is 5.41 Å². The molecule has 6 heteroatoms. The van der Waals surface area contributed by atoms with Gasteiger partial charge in [-0.3, -0.25) is 5.41 Å². The molecule has 0 radical (unpaired) electrons. The Hall–Kier alpha value is -0.690. The van der Waals surface area contributed by atoms with Crippen molar-refractivity contribution in [2.45, 2.75) is 37.8 Å². The topological polar surface area (TPSA) is 103 Å². The number of piperidine rings is 2. The van der Waals surface area contributed by atoms with Gasteiger partial charge in [-0.05, 0) is 58.4 Å². The highest BCUT2D eigenvalue weighted by molar-refractivity contribution is 5.80. The van der Waals surface area contributed by atoms with Gasteiger partial charge in [0.2, 0.25) is 0 Å². The Balaban J connectivity index is 1.75. The van der Waals surface area contributed by atoms with Crippen LogP contribution in [0, 0.1) is 11.3 Å². The monoisotopic (exact) mass is 282 g/mol. The number of likely N-dealkylation sites (tertiary alicyclic amines) is 1.